The summed E-state index contributed by atoms with van der Waals surface area (Å²) >= 11 is 1.10. The lowest BCUT2D eigenvalue weighted by Crippen LogP contribution is -2.42. The average molecular weight is 538 g/mol. The van der Waals surface area contributed by atoms with Crippen LogP contribution in [0.3, 0.4) is 0 Å². The van der Waals surface area contributed by atoms with Gasteiger partial charge in [-0.25, -0.2) is 9.59 Å². The highest BCUT2D eigenvalue weighted by molar-refractivity contribution is 8.04. The van der Waals surface area contributed by atoms with Gasteiger partial charge in [0.05, 0.1) is 43.4 Å². The standard InChI is InChI=1S/C27H27N3O7S/c1-29-25-20(11-12-22(38-25)23(31)28-14-16-5-8-18(35-2)9-6-16)24(32)30(27(29)34)15-17-7-10-19(26(33)37-4)21(13-17)36-3/h5-10,12-13H,11,14-15H2,1-4H3,(H,28,31). The van der Waals surface area contributed by atoms with Crippen LogP contribution in [0.1, 0.15) is 27.0 Å². The molecule has 0 unspecified atom stereocenters. The smallest absolute Gasteiger partial charge is 0.341 e. The molecule has 1 aliphatic heterocycles. The van der Waals surface area contributed by atoms with Gasteiger partial charge in [-0.2, -0.15) is 0 Å². The molecule has 1 aromatic heterocycles. The lowest BCUT2D eigenvalue weighted by Gasteiger charge is -2.20. The summed E-state index contributed by atoms with van der Waals surface area (Å²) in [6.07, 6.45) is 1.91. The summed E-state index contributed by atoms with van der Waals surface area (Å²) < 4.78 is 17.7. The number of thioether (sulfide) groups is 1. The predicted molar refractivity (Wildman–Crippen MR) is 142 cm³/mol. The highest BCUT2D eigenvalue weighted by Gasteiger charge is 2.25. The van der Waals surface area contributed by atoms with Crippen molar-refractivity contribution in [1.29, 1.82) is 0 Å². The molecule has 0 atom stereocenters. The van der Waals surface area contributed by atoms with Crippen molar-refractivity contribution in [2.24, 2.45) is 7.05 Å². The minimum absolute atomic E-state index is 0.0137. The molecule has 0 saturated carbocycles. The molecule has 2 heterocycles. The number of ether oxygens (including phenoxy) is 3. The van der Waals surface area contributed by atoms with Gasteiger partial charge in [-0.05, 0) is 35.4 Å². The van der Waals surface area contributed by atoms with E-state index < -0.39 is 17.2 Å². The highest BCUT2D eigenvalue weighted by Crippen LogP contribution is 2.32. The van der Waals surface area contributed by atoms with Crippen LogP contribution in [0, 0.1) is 0 Å². The van der Waals surface area contributed by atoms with E-state index in [-0.39, 0.29) is 30.2 Å². The first-order valence-corrected chi connectivity index (χ1v) is 12.5. The van der Waals surface area contributed by atoms with Crippen molar-refractivity contribution in [3.05, 3.63) is 96.5 Å². The van der Waals surface area contributed by atoms with Crippen LogP contribution in [0.15, 0.2) is 68.1 Å². The van der Waals surface area contributed by atoms with Gasteiger partial charge in [0.25, 0.3) is 11.5 Å². The molecule has 2 aromatic carbocycles. The van der Waals surface area contributed by atoms with E-state index in [1.165, 1.54) is 24.9 Å². The van der Waals surface area contributed by atoms with Crippen LogP contribution < -0.4 is 26.0 Å². The van der Waals surface area contributed by atoms with E-state index >= 15 is 0 Å². The third kappa shape index (κ3) is 5.37. The van der Waals surface area contributed by atoms with Crippen molar-refractivity contribution >= 4 is 23.6 Å². The summed E-state index contributed by atoms with van der Waals surface area (Å²) in [6.45, 7) is 0.312. The number of hydrogen-bond donors (Lipinski definition) is 1. The van der Waals surface area contributed by atoms with Crippen molar-refractivity contribution in [2.45, 2.75) is 24.5 Å². The van der Waals surface area contributed by atoms with Crippen LogP contribution >= 0.6 is 11.8 Å². The molecule has 10 nitrogen and oxygen atoms in total. The second kappa shape index (κ2) is 11.4. The van der Waals surface area contributed by atoms with E-state index in [9.17, 15) is 19.2 Å². The van der Waals surface area contributed by atoms with Crippen molar-refractivity contribution < 1.29 is 23.8 Å². The van der Waals surface area contributed by atoms with E-state index in [2.05, 4.69) is 5.32 Å². The molecule has 1 N–H and O–H groups in total. The largest absolute Gasteiger partial charge is 0.497 e. The zero-order chi connectivity index (χ0) is 27.4. The SMILES string of the molecule is COC(=O)c1ccc(Cn2c(=O)c3c(n(C)c2=O)SC(C(=O)NCc2ccc(OC)cc2)=CC3)cc1OC. The molecule has 4 rings (SSSR count). The zero-order valence-corrected chi connectivity index (χ0v) is 22.2. The van der Waals surface area contributed by atoms with Crippen molar-refractivity contribution in [3.63, 3.8) is 0 Å². The number of nitrogens with zero attached hydrogens (tertiary/aromatic N) is 2. The summed E-state index contributed by atoms with van der Waals surface area (Å²) in [5.41, 5.74) is 1.24. The number of allylic oxidation sites excluding steroid dienone is 1. The zero-order valence-electron chi connectivity index (χ0n) is 21.4. The van der Waals surface area contributed by atoms with Gasteiger partial charge < -0.3 is 19.5 Å². The molecule has 1 amide bonds. The molecule has 38 heavy (non-hydrogen) atoms. The maximum atomic E-state index is 13.3. The molecule has 11 heteroatoms. The Bertz CT molecular complexity index is 1540. The van der Waals surface area contributed by atoms with Gasteiger partial charge in [0, 0.05) is 20.0 Å². The summed E-state index contributed by atoms with van der Waals surface area (Å²) in [5, 5.41) is 3.31. The second-order valence-corrected chi connectivity index (χ2v) is 9.48. The topological polar surface area (TPSA) is 118 Å². The van der Waals surface area contributed by atoms with Gasteiger partial charge in [0.15, 0.2) is 0 Å². The maximum Gasteiger partial charge on any atom is 0.341 e. The van der Waals surface area contributed by atoms with E-state index in [0.29, 0.717) is 27.6 Å². The third-order valence-electron chi connectivity index (χ3n) is 6.13. The Kier molecular flexibility index (Phi) is 8.06. The molecule has 3 aromatic rings. The van der Waals surface area contributed by atoms with Crippen LogP contribution in [0.4, 0.5) is 0 Å². The number of carbonyl (C=O) groups excluding carboxylic acids is 2. The molecule has 0 fully saturated rings. The van der Waals surface area contributed by atoms with Crippen LogP contribution in [-0.2, 0) is 36.1 Å². The van der Waals surface area contributed by atoms with Gasteiger partial charge in [-0.1, -0.05) is 36.0 Å². The quantitative estimate of drug-likeness (QED) is 0.344. The molecule has 0 saturated heterocycles. The van der Waals surface area contributed by atoms with Crippen molar-refractivity contribution in [1.82, 2.24) is 14.5 Å². The molecule has 0 radical (unpaired) electrons. The van der Waals surface area contributed by atoms with Gasteiger partial charge in [-0.15, -0.1) is 0 Å². The molecule has 0 aliphatic carbocycles. The molecule has 198 valence electrons. The normalized spacial score (nSPS) is 12.3. The Morgan fingerprint density at radius 3 is 2.37 bits per heavy atom. The number of methoxy groups -OCH3 is 3. The number of aromatic nitrogens is 2. The lowest BCUT2D eigenvalue weighted by atomic mass is 10.1. The fourth-order valence-electron chi connectivity index (χ4n) is 4.04. The van der Waals surface area contributed by atoms with Gasteiger partial charge >= 0.3 is 11.7 Å². The minimum atomic E-state index is -0.553. The van der Waals surface area contributed by atoms with Crippen LogP contribution in [0.2, 0.25) is 0 Å². The Morgan fingerprint density at radius 2 is 1.71 bits per heavy atom. The van der Waals surface area contributed by atoms with E-state index in [1.807, 2.05) is 24.3 Å². The second-order valence-electron chi connectivity index (χ2n) is 8.45. The number of fused-ring (bicyclic) bond motifs is 1. The van der Waals surface area contributed by atoms with E-state index in [0.717, 1.165) is 27.6 Å². The predicted octanol–water partition coefficient (Wildman–Crippen LogP) is 2.25. The first kappa shape index (κ1) is 26.8. The maximum absolute atomic E-state index is 13.3. The molecule has 0 spiro atoms. The Morgan fingerprint density at radius 1 is 1.00 bits per heavy atom. The van der Waals surface area contributed by atoms with E-state index in [1.54, 1.807) is 32.4 Å². The van der Waals surface area contributed by atoms with Gasteiger partial charge in [0.1, 0.15) is 17.1 Å². The lowest BCUT2D eigenvalue weighted by molar-refractivity contribution is -0.117. The van der Waals surface area contributed by atoms with Crippen molar-refractivity contribution in [3.8, 4) is 11.5 Å². The first-order valence-electron chi connectivity index (χ1n) is 11.6. The highest BCUT2D eigenvalue weighted by atomic mass is 32.2. The summed E-state index contributed by atoms with van der Waals surface area (Å²) in [6, 6.07) is 12.1. The monoisotopic (exact) mass is 537 g/mol. The molecule has 0 bridgehead atoms. The fourth-order valence-corrected chi connectivity index (χ4v) is 5.09. The Labute approximate surface area is 222 Å². The van der Waals surface area contributed by atoms with Crippen LogP contribution in [0.25, 0.3) is 0 Å². The average Bonchev–Trinajstić information content (AvgIpc) is 2.96. The van der Waals surface area contributed by atoms with Gasteiger partial charge in [0.2, 0.25) is 0 Å². The third-order valence-corrected chi connectivity index (χ3v) is 7.42. The van der Waals surface area contributed by atoms with E-state index in [4.69, 9.17) is 14.2 Å². The number of benzene rings is 2. The number of nitrogens with one attached hydrogen (secondary N) is 1. The number of hydrogen-bond acceptors (Lipinski definition) is 8. The molecular formula is C27H27N3O7S. The van der Waals surface area contributed by atoms with Gasteiger partial charge in [-0.3, -0.25) is 18.7 Å². The Hall–Kier alpha value is -4.25. The summed E-state index contributed by atoms with van der Waals surface area (Å²) in [4.78, 5) is 51.6. The first-order chi connectivity index (χ1) is 18.3. The molecular weight excluding hydrogens is 510 g/mol. The van der Waals surface area contributed by atoms with Crippen molar-refractivity contribution in [2.75, 3.05) is 21.3 Å². The number of esters is 1. The molecule has 1 aliphatic rings. The summed E-state index contributed by atoms with van der Waals surface area (Å²) in [5.74, 6) is 0.168. The fraction of sp³-hybridized carbons (Fsp3) is 0.259. The van der Waals surface area contributed by atoms with Crippen LogP contribution in [0.5, 0.6) is 11.5 Å². The number of carbonyl (C=O) groups is 2. The van der Waals surface area contributed by atoms with Crippen LogP contribution in [-0.4, -0.2) is 42.3 Å². The summed E-state index contributed by atoms with van der Waals surface area (Å²) in [7, 11) is 5.85. The number of rotatable bonds is 8. The Balaban J connectivity index is 1.54. The minimum Gasteiger partial charge on any atom is -0.497 e. The number of amides is 1.